The first-order valence-corrected chi connectivity index (χ1v) is 7.24. The first kappa shape index (κ1) is 14.1. The normalized spacial score (nSPS) is 12.2. The molecular weight excluding hydrogens is 239 g/mol. The number of halogens is 1. The molecule has 0 saturated carbocycles. The molecular formula is C16H24FN2+. The van der Waals surface area contributed by atoms with E-state index in [0.29, 0.717) is 0 Å². The van der Waals surface area contributed by atoms with E-state index >= 15 is 0 Å². The van der Waals surface area contributed by atoms with E-state index in [1.165, 1.54) is 11.6 Å². The van der Waals surface area contributed by atoms with Crippen LogP contribution in [0, 0.1) is 5.82 Å². The summed E-state index contributed by atoms with van der Waals surface area (Å²) in [6.07, 6.45) is 3.03. The first-order chi connectivity index (χ1) is 9.14. The van der Waals surface area contributed by atoms with Gasteiger partial charge >= 0.3 is 0 Å². The smallest absolute Gasteiger partial charge is 0.123 e. The molecule has 0 spiro atoms. The van der Waals surface area contributed by atoms with Crippen molar-refractivity contribution in [3.8, 4) is 0 Å². The van der Waals surface area contributed by atoms with Crippen molar-refractivity contribution in [3.63, 3.8) is 0 Å². The molecule has 3 heteroatoms. The molecule has 2 aromatic rings. The van der Waals surface area contributed by atoms with Gasteiger partial charge < -0.3 is 9.47 Å². The summed E-state index contributed by atoms with van der Waals surface area (Å²) in [5.74, 6) is -0.157. The lowest BCUT2D eigenvalue weighted by Gasteiger charge is -2.35. The minimum Gasteiger partial charge on any atom is -0.361 e. The molecule has 2 nitrogen and oxygen atoms in total. The Kier molecular flexibility index (Phi) is 4.25. The molecule has 0 atom stereocenters. The number of aromatic amines is 1. The van der Waals surface area contributed by atoms with Gasteiger partial charge in [0.25, 0.3) is 0 Å². The molecule has 0 unspecified atom stereocenters. The zero-order valence-electron chi connectivity index (χ0n) is 12.2. The van der Waals surface area contributed by atoms with Gasteiger partial charge in [-0.05, 0) is 44.5 Å². The maximum Gasteiger partial charge on any atom is 0.123 e. The molecule has 1 N–H and O–H groups in total. The Morgan fingerprint density at radius 3 is 2.42 bits per heavy atom. The van der Waals surface area contributed by atoms with Gasteiger partial charge in [0.15, 0.2) is 0 Å². The van der Waals surface area contributed by atoms with Gasteiger partial charge in [0.2, 0.25) is 0 Å². The predicted molar refractivity (Wildman–Crippen MR) is 78.7 cm³/mol. The van der Waals surface area contributed by atoms with Crippen LogP contribution in [-0.4, -0.2) is 35.6 Å². The van der Waals surface area contributed by atoms with Crippen LogP contribution in [0.4, 0.5) is 4.39 Å². The van der Waals surface area contributed by atoms with Gasteiger partial charge in [-0.25, -0.2) is 4.39 Å². The average molecular weight is 263 g/mol. The molecule has 0 radical (unpaired) electrons. The van der Waals surface area contributed by atoms with Crippen LogP contribution in [0.3, 0.4) is 0 Å². The number of nitrogens with zero attached hydrogens (tertiary/aromatic N) is 1. The molecule has 2 rings (SSSR count). The van der Waals surface area contributed by atoms with E-state index in [1.54, 1.807) is 6.07 Å². The Hall–Kier alpha value is -1.35. The number of likely N-dealkylation sites (N-methyl/N-ethyl adjacent to an activating group) is 1. The highest BCUT2D eigenvalue weighted by Crippen LogP contribution is 2.21. The largest absolute Gasteiger partial charge is 0.361 e. The zero-order chi connectivity index (χ0) is 13.9. The molecule has 0 saturated heterocycles. The number of quaternary nitrogens is 1. The van der Waals surface area contributed by atoms with E-state index in [-0.39, 0.29) is 5.82 Å². The molecule has 1 aromatic carbocycles. The number of rotatable bonds is 6. The lowest BCUT2D eigenvalue weighted by atomic mass is 10.1. The van der Waals surface area contributed by atoms with Gasteiger partial charge in [0.1, 0.15) is 5.82 Å². The lowest BCUT2D eigenvalue weighted by molar-refractivity contribution is -0.923. The third-order valence-corrected chi connectivity index (χ3v) is 4.60. The Balaban J connectivity index is 2.20. The highest BCUT2D eigenvalue weighted by Gasteiger charge is 2.20. The second kappa shape index (κ2) is 5.74. The van der Waals surface area contributed by atoms with Crippen molar-refractivity contribution in [1.82, 2.24) is 4.98 Å². The quantitative estimate of drug-likeness (QED) is 0.764. The highest BCUT2D eigenvalue weighted by molar-refractivity contribution is 5.83. The van der Waals surface area contributed by atoms with Crippen molar-refractivity contribution in [1.29, 1.82) is 0 Å². The summed E-state index contributed by atoms with van der Waals surface area (Å²) < 4.78 is 14.5. The summed E-state index contributed by atoms with van der Waals surface area (Å²) in [4.78, 5) is 3.23. The van der Waals surface area contributed by atoms with Gasteiger partial charge in [-0.1, -0.05) is 0 Å². The van der Waals surface area contributed by atoms with Crippen LogP contribution in [0.5, 0.6) is 0 Å². The second-order valence-corrected chi connectivity index (χ2v) is 5.27. The van der Waals surface area contributed by atoms with E-state index < -0.39 is 0 Å². The topological polar surface area (TPSA) is 15.8 Å². The molecule has 19 heavy (non-hydrogen) atoms. The van der Waals surface area contributed by atoms with Crippen molar-refractivity contribution < 1.29 is 8.87 Å². The summed E-state index contributed by atoms with van der Waals surface area (Å²) in [6, 6.07) is 4.96. The number of hydrogen-bond acceptors (Lipinski definition) is 0. The van der Waals surface area contributed by atoms with Gasteiger partial charge in [-0.15, -0.1) is 0 Å². The predicted octanol–water partition coefficient (Wildman–Crippen LogP) is 3.73. The number of hydrogen-bond donors (Lipinski definition) is 1. The number of H-pyrrole nitrogens is 1. The minimum absolute atomic E-state index is 0.157. The number of benzene rings is 1. The van der Waals surface area contributed by atoms with Gasteiger partial charge in [0.05, 0.1) is 26.2 Å². The number of fused-ring (bicyclic) bond motifs is 1. The van der Waals surface area contributed by atoms with Crippen LogP contribution < -0.4 is 0 Å². The van der Waals surface area contributed by atoms with Crippen LogP contribution >= 0.6 is 0 Å². The Bertz CT molecular complexity index is 532. The molecule has 0 aliphatic carbocycles. The molecule has 104 valence electrons. The zero-order valence-corrected chi connectivity index (χ0v) is 12.2. The Morgan fingerprint density at radius 1 is 1.11 bits per heavy atom. The van der Waals surface area contributed by atoms with E-state index in [2.05, 4.69) is 25.8 Å². The summed E-state index contributed by atoms with van der Waals surface area (Å²) in [6.45, 7) is 11.3. The summed E-state index contributed by atoms with van der Waals surface area (Å²) >= 11 is 0. The maximum atomic E-state index is 13.3. The van der Waals surface area contributed by atoms with Crippen LogP contribution in [0.1, 0.15) is 26.3 Å². The summed E-state index contributed by atoms with van der Waals surface area (Å²) in [5, 5.41) is 1.03. The van der Waals surface area contributed by atoms with Crippen LogP contribution in [0.2, 0.25) is 0 Å². The Morgan fingerprint density at radius 2 is 1.79 bits per heavy atom. The molecule has 0 aliphatic heterocycles. The third kappa shape index (κ3) is 2.81. The molecule has 0 bridgehead atoms. The second-order valence-electron chi connectivity index (χ2n) is 5.27. The standard InChI is InChI=1S/C16H24FN2/c1-4-19(5-2,6-3)10-9-13-12-18-16-8-7-14(17)11-15(13)16/h7-8,11-12,18H,4-6,9-10H2,1-3H3/q+1. The highest BCUT2D eigenvalue weighted by atomic mass is 19.1. The van der Waals surface area contributed by atoms with Gasteiger partial charge in [-0.3, -0.25) is 0 Å². The van der Waals surface area contributed by atoms with Crippen molar-refractivity contribution in [2.45, 2.75) is 27.2 Å². The minimum atomic E-state index is -0.157. The Labute approximate surface area is 114 Å². The molecule has 0 aliphatic rings. The third-order valence-electron chi connectivity index (χ3n) is 4.60. The number of aromatic nitrogens is 1. The van der Waals surface area contributed by atoms with Crippen LogP contribution in [0.15, 0.2) is 24.4 Å². The van der Waals surface area contributed by atoms with Crippen LogP contribution in [0.25, 0.3) is 10.9 Å². The maximum absolute atomic E-state index is 13.3. The SMILES string of the molecule is CC[N+](CC)(CC)CCc1c[nH]c2ccc(F)cc12. The summed E-state index contributed by atoms with van der Waals surface area (Å²) in [5.41, 5.74) is 2.26. The van der Waals surface area contributed by atoms with Gasteiger partial charge in [0, 0.05) is 23.5 Å². The van der Waals surface area contributed by atoms with Crippen molar-refractivity contribution in [2.75, 3.05) is 26.2 Å². The molecule has 1 aromatic heterocycles. The van der Waals surface area contributed by atoms with E-state index in [0.717, 1.165) is 48.0 Å². The van der Waals surface area contributed by atoms with Crippen LogP contribution in [-0.2, 0) is 6.42 Å². The van der Waals surface area contributed by atoms with E-state index in [1.807, 2.05) is 12.3 Å². The van der Waals surface area contributed by atoms with Crippen molar-refractivity contribution in [2.24, 2.45) is 0 Å². The summed E-state index contributed by atoms with van der Waals surface area (Å²) in [7, 11) is 0. The average Bonchev–Trinajstić information content (AvgIpc) is 2.83. The molecule has 0 fully saturated rings. The monoisotopic (exact) mass is 263 g/mol. The lowest BCUT2D eigenvalue weighted by Crippen LogP contribution is -2.48. The van der Waals surface area contributed by atoms with E-state index in [9.17, 15) is 4.39 Å². The van der Waals surface area contributed by atoms with Crippen molar-refractivity contribution >= 4 is 10.9 Å². The molecule has 1 heterocycles. The fourth-order valence-electron chi connectivity index (χ4n) is 2.86. The fraction of sp³-hybridized carbons (Fsp3) is 0.500. The van der Waals surface area contributed by atoms with Crippen molar-refractivity contribution in [3.05, 3.63) is 35.8 Å². The van der Waals surface area contributed by atoms with E-state index in [4.69, 9.17) is 0 Å². The fourth-order valence-corrected chi connectivity index (χ4v) is 2.86. The van der Waals surface area contributed by atoms with Gasteiger partial charge in [-0.2, -0.15) is 0 Å². The number of nitrogens with one attached hydrogen (secondary N) is 1. The molecule has 0 amide bonds. The first-order valence-electron chi connectivity index (χ1n) is 7.24.